The Labute approximate surface area is 110 Å². The van der Waals surface area contributed by atoms with Crippen LogP contribution in [0.3, 0.4) is 0 Å². The molecule has 0 aromatic carbocycles. The quantitative estimate of drug-likeness (QED) is 0.890. The second-order valence-corrected chi connectivity index (χ2v) is 5.72. The summed E-state index contributed by atoms with van der Waals surface area (Å²) in [5.74, 6) is 2.03. The summed E-state index contributed by atoms with van der Waals surface area (Å²) in [5, 5.41) is 0. The minimum atomic E-state index is 0.377. The predicted octanol–water partition coefficient (Wildman–Crippen LogP) is 2.77. The van der Waals surface area contributed by atoms with Gasteiger partial charge in [-0.2, -0.15) is 4.98 Å². The van der Waals surface area contributed by atoms with Crippen molar-refractivity contribution in [3.05, 3.63) is 11.8 Å². The monoisotopic (exact) mass is 248 g/mol. The largest absolute Gasteiger partial charge is 0.368 e. The molecule has 0 saturated heterocycles. The Balaban J connectivity index is 2.29. The fraction of sp³-hybridized carbons (Fsp3) is 0.714. The molecule has 1 aromatic heterocycles. The zero-order valence-corrected chi connectivity index (χ0v) is 11.7. The number of rotatable bonds is 4. The van der Waals surface area contributed by atoms with Crippen LogP contribution in [0.2, 0.25) is 0 Å². The van der Waals surface area contributed by atoms with E-state index in [2.05, 4.69) is 35.6 Å². The van der Waals surface area contributed by atoms with Gasteiger partial charge in [-0.15, -0.1) is 0 Å². The van der Waals surface area contributed by atoms with Crippen molar-refractivity contribution in [3.8, 4) is 0 Å². The molecule has 0 bridgehead atoms. The number of nitrogen functional groups attached to an aromatic ring is 1. The molecule has 18 heavy (non-hydrogen) atoms. The minimum absolute atomic E-state index is 0.377. The molecule has 1 aliphatic carbocycles. The van der Waals surface area contributed by atoms with E-state index in [0.29, 0.717) is 17.9 Å². The van der Waals surface area contributed by atoms with Crippen LogP contribution in [0.1, 0.15) is 45.1 Å². The summed E-state index contributed by atoms with van der Waals surface area (Å²) in [7, 11) is 0. The van der Waals surface area contributed by atoms with Crippen molar-refractivity contribution >= 4 is 11.8 Å². The lowest BCUT2D eigenvalue weighted by Gasteiger charge is -2.32. The molecule has 2 N–H and O–H groups in total. The Morgan fingerprint density at radius 1 is 1.39 bits per heavy atom. The number of aryl methyl sites for hydroxylation is 1. The van der Waals surface area contributed by atoms with Crippen molar-refractivity contribution in [1.82, 2.24) is 9.97 Å². The van der Waals surface area contributed by atoms with Crippen molar-refractivity contribution in [2.24, 2.45) is 5.92 Å². The van der Waals surface area contributed by atoms with E-state index in [-0.39, 0.29) is 0 Å². The van der Waals surface area contributed by atoms with Gasteiger partial charge in [0.15, 0.2) is 0 Å². The van der Waals surface area contributed by atoms with Gasteiger partial charge in [0.05, 0.1) is 0 Å². The SMILES string of the molecule is Cc1cnc(N)nc1N(CC(C)C)C1CCCC1. The molecule has 4 nitrogen and oxygen atoms in total. The fourth-order valence-corrected chi connectivity index (χ4v) is 2.75. The standard InChI is InChI=1S/C14H24N4/c1-10(2)9-18(12-6-4-5-7-12)13-11(3)8-16-14(15)17-13/h8,10,12H,4-7,9H2,1-3H3,(H2,15,16,17). The van der Waals surface area contributed by atoms with Crippen LogP contribution in [0.25, 0.3) is 0 Å². The topological polar surface area (TPSA) is 55.0 Å². The van der Waals surface area contributed by atoms with Crippen LogP contribution in [-0.4, -0.2) is 22.6 Å². The zero-order valence-electron chi connectivity index (χ0n) is 11.7. The molecule has 1 aromatic rings. The molecular weight excluding hydrogens is 224 g/mol. The van der Waals surface area contributed by atoms with Crippen LogP contribution in [0, 0.1) is 12.8 Å². The third-order valence-corrected chi connectivity index (χ3v) is 3.56. The van der Waals surface area contributed by atoms with Crippen LogP contribution >= 0.6 is 0 Å². The van der Waals surface area contributed by atoms with Gasteiger partial charge in [-0.25, -0.2) is 4.98 Å². The molecule has 100 valence electrons. The highest BCUT2D eigenvalue weighted by Crippen LogP contribution is 2.29. The summed E-state index contributed by atoms with van der Waals surface area (Å²) in [6, 6.07) is 0.625. The van der Waals surface area contributed by atoms with E-state index in [9.17, 15) is 0 Å². The van der Waals surface area contributed by atoms with Crippen molar-refractivity contribution in [1.29, 1.82) is 0 Å². The molecule has 0 atom stereocenters. The predicted molar refractivity (Wildman–Crippen MR) is 75.6 cm³/mol. The van der Waals surface area contributed by atoms with Gasteiger partial charge in [-0.1, -0.05) is 26.7 Å². The second-order valence-electron chi connectivity index (χ2n) is 5.72. The van der Waals surface area contributed by atoms with Crippen LogP contribution in [-0.2, 0) is 0 Å². The highest BCUT2D eigenvalue weighted by Gasteiger charge is 2.25. The molecule has 1 heterocycles. The normalized spacial score (nSPS) is 16.4. The van der Waals surface area contributed by atoms with Crippen LogP contribution in [0.15, 0.2) is 6.20 Å². The Kier molecular flexibility index (Phi) is 4.04. The maximum absolute atomic E-state index is 5.75. The third-order valence-electron chi connectivity index (χ3n) is 3.56. The summed E-state index contributed by atoms with van der Waals surface area (Å²) in [6.07, 6.45) is 7.05. The van der Waals surface area contributed by atoms with Crippen molar-refractivity contribution < 1.29 is 0 Å². The first-order chi connectivity index (χ1) is 8.58. The number of anilines is 2. The second kappa shape index (κ2) is 5.55. The first-order valence-electron chi connectivity index (χ1n) is 6.93. The number of aromatic nitrogens is 2. The molecule has 0 spiro atoms. The number of hydrogen-bond donors (Lipinski definition) is 1. The van der Waals surface area contributed by atoms with E-state index in [4.69, 9.17) is 5.73 Å². The highest BCUT2D eigenvalue weighted by molar-refractivity contribution is 5.49. The van der Waals surface area contributed by atoms with E-state index < -0.39 is 0 Å². The maximum Gasteiger partial charge on any atom is 0.221 e. The first-order valence-corrected chi connectivity index (χ1v) is 6.93. The number of nitrogens with two attached hydrogens (primary N) is 1. The maximum atomic E-state index is 5.75. The molecule has 2 rings (SSSR count). The fourth-order valence-electron chi connectivity index (χ4n) is 2.75. The molecule has 0 radical (unpaired) electrons. The molecular formula is C14H24N4. The van der Waals surface area contributed by atoms with Gasteiger partial charge in [0, 0.05) is 24.3 Å². The summed E-state index contributed by atoms with van der Waals surface area (Å²) in [4.78, 5) is 11.0. The van der Waals surface area contributed by atoms with Crippen LogP contribution in [0.5, 0.6) is 0 Å². The van der Waals surface area contributed by atoms with Crippen molar-refractivity contribution in [2.45, 2.75) is 52.5 Å². The number of nitrogens with zero attached hydrogens (tertiary/aromatic N) is 3. The van der Waals surface area contributed by atoms with Crippen molar-refractivity contribution in [2.75, 3.05) is 17.2 Å². The van der Waals surface area contributed by atoms with Gasteiger partial charge in [0.25, 0.3) is 0 Å². The Hall–Kier alpha value is -1.32. The smallest absolute Gasteiger partial charge is 0.221 e. The Morgan fingerprint density at radius 3 is 2.67 bits per heavy atom. The summed E-state index contributed by atoms with van der Waals surface area (Å²) < 4.78 is 0. The van der Waals surface area contributed by atoms with Crippen LogP contribution in [0.4, 0.5) is 11.8 Å². The van der Waals surface area contributed by atoms with Gasteiger partial charge < -0.3 is 10.6 Å². The van der Waals surface area contributed by atoms with Gasteiger partial charge in [-0.3, -0.25) is 0 Å². The Bertz CT molecular complexity index is 397. The molecule has 1 aliphatic rings. The van der Waals surface area contributed by atoms with Crippen molar-refractivity contribution in [3.63, 3.8) is 0 Å². The summed E-state index contributed by atoms with van der Waals surface area (Å²) in [5.41, 5.74) is 6.87. The van der Waals surface area contributed by atoms with Gasteiger partial charge in [0.2, 0.25) is 5.95 Å². The molecule has 1 saturated carbocycles. The lowest BCUT2D eigenvalue weighted by Crippen LogP contribution is -2.37. The van der Waals surface area contributed by atoms with E-state index in [0.717, 1.165) is 17.9 Å². The van der Waals surface area contributed by atoms with Crippen LogP contribution < -0.4 is 10.6 Å². The zero-order chi connectivity index (χ0) is 13.1. The first kappa shape index (κ1) is 13.1. The molecule has 0 unspecified atom stereocenters. The van der Waals surface area contributed by atoms with Gasteiger partial charge >= 0.3 is 0 Å². The molecule has 1 fully saturated rings. The van der Waals surface area contributed by atoms with Gasteiger partial charge in [-0.05, 0) is 25.7 Å². The number of hydrogen-bond acceptors (Lipinski definition) is 4. The van der Waals surface area contributed by atoms with Gasteiger partial charge in [0.1, 0.15) is 5.82 Å². The van der Waals surface area contributed by atoms with E-state index >= 15 is 0 Å². The minimum Gasteiger partial charge on any atom is -0.368 e. The van der Waals surface area contributed by atoms with E-state index in [1.807, 2.05) is 6.20 Å². The lowest BCUT2D eigenvalue weighted by molar-refractivity contribution is 0.530. The summed E-state index contributed by atoms with van der Waals surface area (Å²) >= 11 is 0. The van der Waals surface area contributed by atoms with E-state index in [1.54, 1.807) is 0 Å². The lowest BCUT2D eigenvalue weighted by atomic mass is 10.1. The summed E-state index contributed by atoms with van der Waals surface area (Å²) in [6.45, 7) is 7.61. The molecule has 0 amide bonds. The third kappa shape index (κ3) is 2.92. The average molecular weight is 248 g/mol. The Morgan fingerprint density at radius 2 is 2.06 bits per heavy atom. The highest BCUT2D eigenvalue weighted by atomic mass is 15.2. The molecule has 4 heteroatoms. The average Bonchev–Trinajstić information content (AvgIpc) is 2.82. The van der Waals surface area contributed by atoms with E-state index in [1.165, 1.54) is 25.7 Å². The molecule has 0 aliphatic heterocycles.